The van der Waals surface area contributed by atoms with Crippen LogP contribution in [0.2, 0.25) is 0 Å². The summed E-state index contributed by atoms with van der Waals surface area (Å²) < 4.78 is 28.4. The largest absolute Gasteiger partial charge is 0.352 e. The van der Waals surface area contributed by atoms with Crippen molar-refractivity contribution in [3.05, 3.63) is 98.0 Å². The van der Waals surface area contributed by atoms with Gasteiger partial charge in [0.25, 0.3) is 0 Å². The zero-order chi connectivity index (χ0) is 27.9. The van der Waals surface area contributed by atoms with Crippen LogP contribution >= 0.6 is 38.5 Å². The highest BCUT2D eigenvalue weighted by Gasteiger charge is 2.33. The second kappa shape index (κ2) is 13.6. The van der Waals surface area contributed by atoms with E-state index in [0.29, 0.717) is 5.69 Å². The first-order valence-electron chi connectivity index (χ1n) is 12.1. The van der Waals surface area contributed by atoms with Crippen molar-refractivity contribution >= 4 is 66.0 Å². The molecule has 3 aromatic carbocycles. The Morgan fingerprint density at radius 3 is 2.16 bits per heavy atom. The first-order valence-corrected chi connectivity index (χ1v) is 15.8. The lowest BCUT2D eigenvalue weighted by Crippen LogP contribution is -2.54. The highest BCUT2D eigenvalue weighted by molar-refractivity contribution is 14.1. The summed E-state index contributed by atoms with van der Waals surface area (Å²) in [7, 11) is -3.79. The van der Waals surface area contributed by atoms with Gasteiger partial charge in [-0.15, -0.1) is 0 Å². The van der Waals surface area contributed by atoms with E-state index >= 15 is 0 Å². The van der Waals surface area contributed by atoms with Crippen molar-refractivity contribution in [1.29, 1.82) is 0 Å². The van der Waals surface area contributed by atoms with E-state index < -0.39 is 28.5 Å². The van der Waals surface area contributed by atoms with E-state index in [1.165, 1.54) is 4.90 Å². The third-order valence-electron chi connectivity index (χ3n) is 5.74. The predicted molar refractivity (Wildman–Crippen MR) is 163 cm³/mol. The van der Waals surface area contributed by atoms with Crippen LogP contribution in [0.15, 0.2) is 83.3 Å². The second-order valence-corrected chi connectivity index (χ2v) is 13.3. The minimum absolute atomic E-state index is 0.131. The first-order chi connectivity index (χ1) is 17.9. The number of nitrogens with zero attached hydrogens (tertiary/aromatic N) is 2. The normalized spacial score (nSPS) is 12.2. The number of anilines is 1. The van der Waals surface area contributed by atoms with Crippen LogP contribution in [-0.2, 0) is 32.6 Å². The molecule has 0 spiro atoms. The number of hydrogen-bond acceptors (Lipinski definition) is 4. The highest BCUT2D eigenvalue weighted by atomic mass is 127. The molecule has 0 aliphatic heterocycles. The summed E-state index contributed by atoms with van der Waals surface area (Å²) in [5.74, 6) is -0.777. The van der Waals surface area contributed by atoms with Gasteiger partial charge in [-0.25, -0.2) is 8.42 Å². The van der Waals surface area contributed by atoms with Crippen molar-refractivity contribution in [2.75, 3.05) is 17.1 Å². The average Bonchev–Trinajstić information content (AvgIpc) is 2.85. The van der Waals surface area contributed by atoms with Crippen molar-refractivity contribution in [3.63, 3.8) is 0 Å². The number of carbonyl (C=O) groups is 2. The van der Waals surface area contributed by atoms with Crippen LogP contribution in [0.1, 0.15) is 25.0 Å². The van der Waals surface area contributed by atoms with Crippen molar-refractivity contribution in [2.24, 2.45) is 0 Å². The zero-order valence-electron chi connectivity index (χ0n) is 21.5. The molecule has 1 unspecified atom stereocenters. The van der Waals surface area contributed by atoms with E-state index in [9.17, 15) is 18.0 Å². The average molecular weight is 712 g/mol. The van der Waals surface area contributed by atoms with Gasteiger partial charge >= 0.3 is 0 Å². The van der Waals surface area contributed by atoms with Crippen molar-refractivity contribution < 1.29 is 18.0 Å². The summed E-state index contributed by atoms with van der Waals surface area (Å²) >= 11 is 5.61. The summed E-state index contributed by atoms with van der Waals surface area (Å²) in [6.07, 6.45) is 1.35. The lowest BCUT2D eigenvalue weighted by molar-refractivity contribution is -0.140. The molecule has 0 radical (unpaired) electrons. The van der Waals surface area contributed by atoms with Crippen molar-refractivity contribution in [1.82, 2.24) is 10.2 Å². The van der Waals surface area contributed by atoms with Gasteiger partial charge in [0.05, 0.1) is 11.9 Å². The van der Waals surface area contributed by atoms with E-state index in [0.717, 1.165) is 29.7 Å². The van der Waals surface area contributed by atoms with Gasteiger partial charge in [-0.05, 0) is 84.0 Å². The van der Waals surface area contributed by atoms with Crippen LogP contribution in [0.3, 0.4) is 0 Å². The fourth-order valence-electron chi connectivity index (χ4n) is 3.99. The number of sulfonamides is 1. The molecule has 0 fully saturated rings. The van der Waals surface area contributed by atoms with Gasteiger partial charge in [0, 0.05) is 27.1 Å². The molecule has 0 aromatic heterocycles. The molecule has 3 aromatic rings. The summed E-state index contributed by atoms with van der Waals surface area (Å²) in [6.45, 7) is 3.42. The lowest BCUT2D eigenvalue weighted by Gasteiger charge is -2.34. The van der Waals surface area contributed by atoms with Crippen LogP contribution in [0.25, 0.3) is 0 Å². The number of halogens is 2. The molecule has 2 amide bonds. The molecule has 202 valence electrons. The monoisotopic (exact) mass is 711 g/mol. The number of nitrogens with one attached hydrogen (secondary N) is 1. The van der Waals surface area contributed by atoms with E-state index in [-0.39, 0.29) is 24.9 Å². The molecule has 0 saturated carbocycles. The topological polar surface area (TPSA) is 86.8 Å². The molecule has 0 aliphatic carbocycles. The number of amides is 2. The molecule has 1 atom stereocenters. The second-order valence-electron chi connectivity index (χ2n) is 9.27. The molecule has 3 rings (SSSR count). The van der Waals surface area contributed by atoms with Gasteiger partial charge in [-0.2, -0.15) is 0 Å². The Bertz CT molecular complexity index is 1350. The smallest absolute Gasteiger partial charge is 0.244 e. The maximum atomic E-state index is 14.0. The van der Waals surface area contributed by atoms with Gasteiger partial charge in [0.15, 0.2) is 0 Å². The Balaban J connectivity index is 2.05. The Labute approximate surface area is 246 Å². The van der Waals surface area contributed by atoms with Gasteiger partial charge in [0.2, 0.25) is 21.8 Å². The minimum Gasteiger partial charge on any atom is -0.352 e. The number of rotatable bonds is 11. The quantitative estimate of drug-likeness (QED) is 0.285. The maximum Gasteiger partial charge on any atom is 0.244 e. The third kappa shape index (κ3) is 8.81. The molecule has 0 aliphatic rings. The molecule has 38 heavy (non-hydrogen) atoms. The highest BCUT2D eigenvalue weighted by Crippen LogP contribution is 2.22. The molecule has 0 saturated heterocycles. The number of hydrogen-bond donors (Lipinski definition) is 1. The van der Waals surface area contributed by atoms with Crippen LogP contribution < -0.4 is 9.62 Å². The van der Waals surface area contributed by atoms with Crippen molar-refractivity contribution in [2.45, 2.75) is 38.9 Å². The van der Waals surface area contributed by atoms with Crippen LogP contribution in [0, 0.1) is 3.57 Å². The summed E-state index contributed by atoms with van der Waals surface area (Å²) in [6, 6.07) is 22.9. The zero-order valence-corrected chi connectivity index (χ0v) is 26.0. The fourth-order valence-corrected chi connectivity index (χ4v) is 5.64. The molecular weight excluding hydrogens is 681 g/mol. The Hall–Kier alpha value is -2.44. The molecule has 0 bridgehead atoms. The predicted octanol–water partition coefficient (Wildman–Crippen LogP) is 4.98. The summed E-state index contributed by atoms with van der Waals surface area (Å²) in [5.41, 5.74) is 2.08. The maximum absolute atomic E-state index is 14.0. The fraction of sp³-hybridized carbons (Fsp3) is 0.286. The van der Waals surface area contributed by atoms with Crippen LogP contribution in [-0.4, -0.2) is 50.0 Å². The van der Waals surface area contributed by atoms with Crippen molar-refractivity contribution in [3.8, 4) is 0 Å². The first kappa shape index (κ1) is 30.1. The third-order valence-corrected chi connectivity index (χ3v) is 8.09. The SMILES string of the molecule is CC(C)NC(=O)C(Cc1ccccc1)N(Cc1cccc(Br)c1)C(=O)CN(c1ccc(I)cc1)S(C)(=O)=O. The van der Waals surface area contributed by atoms with Crippen LogP contribution in [0.4, 0.5) is 5.69 Å². The van der Waals surface area contributed by atoms with E-state index in [1.807, 2.05) is 68.4 Å². The number of carbonyl (C=O) groups excluding carboxylic acids is 2. The lowest BCUT2D eigenvalue weighted by atomic mass is 10.0. The summed E-state index contributed by atoms with van der Waals surface area (Å²) in [5, 5.41) is 2.94. The molecule has 0 heterocycles. The Kier molecular flexibility index (Phi) is 10.8. The van der Waals surface area contributed by atoms with Gasteiger partial charge in [-0.1, -0.05) is 58.4 Å². The number of benzene rings is 3. The molecule has 7 nitrogen and oxygen atoms in total. The Morgan fingerprint density at radius 1 is 0.947 bits per heavy atom. The Morgan fingerprint density at radius 2 is 1.58 bits per heavy atom. The van der Waals surface area contributed by atoms with Gasteiger partial charge in [0.1, 0.15) is 12.6 Å². The van der Waals surface area contributed by atoms with E-state index in [1.54, 1.807) is 24.3 Å². The van der Waals surface area contributed by atoms with Gasteiger partial charge < -0.3 is 10.2 Å². The molecule has 1 N–H and O–H groups in total. The molecule has 10 heteroatoms. The summed E-state index contributed by atoms with van der Waals surface area (Å²) in [4.78, 5) is 29.0. The molecular formula is C28H31BrIN3O4S. The van der Waals surface area contributed by atoms with E-state index in [2.05, 4.69) is 43.8 Å². The van der Waals surface area contributed by atoms with Crippen LogP contribution in [0.5, 0.6) is 0 Å². The standard InChI is InChI=1S/C28H31BrIN3O4S/c1-20(2)31-28(35)26(17-21-8-5-4-6-9-21)32(18-22-10-7-11-23(29)16-22)27(34)19-33(38(3,36)37)25-14-12-24(30)13-15-25/h4-16,20,26H,17-19H2,1-3H3,(H,31,35). The minimum atomic E-state index is -3.79. The van der Waals surface area contributed by atoms with Gasteiger partial charge in [-0.3, -0.25) is 13.9 Å². The van der Waals surface area contributed by atoms with E-state index in [4.69, 9.17) is 0 Å².